The van der Waals surface area contributed by atoms with Gasteiger partial charge in [-0.2, -0.15) is 0 Å². The third-order valence-corrected chi connectivity index (χ3v) is 4.69. The van der Waals surface area contributed by atoms with Crippen LogP contribution in [0.15, 0.2) is 11.6 Å². The van der Waals surface area contributed by atoms with Crippen LogP contribution >= 0.6 is 11.3 Å². The Bertz CT molecular complexity index is 327. The summed E-state index contributed by atoms with van der Waals surface area (Å²) in [5.74, 6) is 0. The van der Waals surface area contributed by atoms with Gasteiger partial charge < -0.3 is 10.1 Å². The molecule has 3 nitrogen and oxygen atoms in total. The van der Waals surface area contributed by atoms with E-state index in [4.69, 9.17) is 4.74 Å². The van der Waals surface area contributed by atoms with Gasteiger partial charge in [-0.15, -0.1) is 11.3 Å². The second-order valence-electron chi connectivity index (χ2n) is 4.83. The Morgan fingerprint density at radius 2 is 2.31 bits per heavy atom. The van der Waals surface area contributed by atoms with Crippen molar-refractivity contribution in [2.24, 2.45) is 0 Å². The van der Waals surface area contributed by atoms with Crippen molar-refractivity contribution in [2.45, 2.75) is 43.7 Å². The van der Waals surface area contributed by atoms with Gasteiger partial charge in [-0.05, 0) is 19.3 Å². The maximum atomic E-state index is 5.45. The lowest BCUT2D eigenvalue weighted by atomic mass is 9.96. The van der Waals surface area contributed by atoms with Crippen LogP contribution in [0.2, 0.25) is 0 Å². The summed E-state index contributed by atoms with van der Waals surface area (Å²) in [6, 6.07) is 0.530. The van der Waals surface area contributed by atoms with Gasteiger partial charge in [-0.3, -0.25) is 0 Å². The summed E-state index contributed by atoms with van der Waals surface area (Å²) in [4.78, 5) is 4.53. The van der Waals surface area contributed by atoms with Crippen molar-refractivity contribution >= 4 is 11.3 Å². The molecule has 1 aromatic rings. The van der Waals surface area contributed by atoms with Crippen molar-refractivity contribution < 1.29 is 4.74 Å². The van der Waals surface area contributed by atoms with Gasteiger partial charge in [-0.1, -0.05) is 12.8 Å². The van der Waals surface area contributed by atoms with Crippen molar-refractivity contribution in [3.05, 3.63) is 16.6 Å². The van der Waals surface area contributed by atoms with Crippen LogP contribution in [0.3, 0.4) is 0 Å². The maximum absolute atomic E-state index is 5.45. The van der Waals surface area contributed by atoms with Crippen molar-refractivity contribution in [3.63, 3.8) is 0 Å². The van der Waals surface area contributed by atoms with Crippen LogP contribution in [0, 0.1) is 0 Å². The molecule has 2 aliphatic rings. The highest BCUT2D eigenvalue weighted by molar-refractivity contribution is 7.09. The number of rotatable bonds is 3. The summed E-state index contributed by atoms with van der Waals surface area (Å²) in [6.07, 6.45) is 8.17. The molecule has 1 aliphatic carbocycles. The van der Waals surface area contributed by atoms with Crippen LogP contribution in [0.4, 0.5) is 0 Å². The first-order valence-electron chi connectivity index (χ1n) is 6.14. The molecular formula is C12H18N2OS. The molecule has 2 fully saturated rings. The monoisotopic (exact) mass is 238 g/mol. The number of nitrogens with one attached hydrogen (secondary N) is 1. The first-order valence-corrected chi connectivity index (χ1v) is 7.02. The maximum Gasteiger partial charge on any atom is 0.113 e. The van der Waals surface area contributed by atoms with E-state index in [1.807, 2.05) is 6.20 Å². The second-order valence-corrected chi connectivity index (χ2v) is 5.73. The highest BCUT2D eigenvalue weighted by Crippen LogP contribution is 2.40. The van der Waals surface area contributed by atoms with Gasteiger partial charge in [0, 0.05) is 24.2 Å². The van der Waals surface area contributed by atoms with E-state index in [1.165, 1.54) is 30.7 Å². The van der Waals surface area contributed by atoms with Crippen molar-refractivity contribution in [2.75, 3.05) is 13.2 Å². The van der Waals surface area contributed by atoms with Crippen LogP contribution < -0.4 is 5.32 Å². The van der Waals surface area contributed by atoms with E-state index in [1.54, 1.807) is 11.3 Å². The summed E-state index contributed by atoms with van der Waals surface area (Å²) in [5, 5.41) is 7.18. The van der Waals surface area contributed by atoms with E-state index in [2.05, 4.69) is 15.7 Å². The predicted octanol–water partition coefficient (Wildman–Crippen LogP) is 2.29. The molecule has 0 spiro atoms. The van der Waals surface area contributed by atoms with E-state index in [9.17, 15) is 0 Å². The zero-order chi connectivity index (χ0) is 10.8. The molecule has 3 rings (SSSR count). The molecule has 1 saturated carbocycles. The summed E-state index contributed by atoms with van der Waals surface area (Å²) in [5.41, 5.74) is 0.159. The highest BCUT2D eigenvalue weighted by atomic mass is 32.1. The summed E-state index contributed by atoms with van der Waals surface area (Å²) in [6.45, 7) is 1.78. The molecule has 16 heavy (non-hydrogen) atoms. The largest absolute Gasteiger partial charge is 0.380 e. The lowest BCUT2D eigenvalue weighted by Gasteiger charge is -2.31. The molecule has 88 valence electrons. The van der Waals surface area contributed by atoms with Gasteiger partial charge >= 0.3 is 0 Å². The normalized spacial score (nSPS) is 28.6. The van der Waals surface area contributed by atoms with Gasteiger partial charge in [0.1, 0.15) is 5.01 Å². The Kier molecular flexibility index (Phi) is 2.96. The van der Waals surface area contributed by atoms with E-state index in [-0.39, 0.29) is 5.54 Å². The van der Waals surface area contributed by atoms with E-state index < -0.39 is 0 Å². The molecule has 1 atom stereocenters. The highest BCUT2D eigenvalue weighted by Gasteiger charge is 2.39. The molecule has 1 N–H and O–H groups in total. The second kappa shape index (κ2) is 4.43. The molecule has 4 heteroatoms. The Morgan fingerprint density at radius 1 is 1.44 bits per heavy atom. The number of hydrogen-bond donors (Lipinski definition) is 1. The number of ether oxygens (including phenoxy) is 1. The van der Waals surface area contributed by atoms with Gasteiger partial charge in [0.25, 0.3) is 0 Å². The Hall–Kier alpha value is -0.450. The average molecular weight is 238 g/mol. The third-order valence-electron chi connectivity index (χ3n) is 3.71. The van der Waals surface area contributed by atoms with Gasteiger partial charge in [0.05, 0.1) is 12.1 Å². The first-order chi connectivity index (χ1) is 7.89. The summed E-state index contributed by atoms with van der Waals surface area (Å²) >= 11 is 1.79. The fourth-order valence-electron chi connectivity index (χ4n) is 2.90. The number of thiazole rings is 1. The topological polar surface area (TPSA) is 34.1 Å². The first kappa shape index (κ1) is 10.7. The summed E-state index contributed by atoms with van der Waals surface area (Å²) in [7, 11) is 0. The lowest BCUT2D eigenvalue weighted by molar-refractivity contribution is 0.180. The SMILES string of the molecule is c1csc(C2(NC3CCOC3)CCCC2)n1. The molecule has 2 heterocycles. The van der Waals surface area contributed by atoms with Crippen molar-refractivity contribution in [3.8, 4) is 0 Å². The third kappa shape index (κ3) is 1.90. The lowest BCUT2D eigenvalue weighted by Crippen LogP contribution is -2.46. The standard InChI is InChI=1S/C12H18N2OS/c1-2-5-12(4-1,11-13-6-8-16-11)14-10-3-7-15-9-10/h6,8,10,14H,1-5,7,9H2. The zero-order valence-electron chi connectivity index (χ0n) is 9.45. The van der Waals surface area contributed by atoms with Gasteiger partial charge in [-0.25, -0.2) is 4.98 Å². The number of aromatic nitrogens is 1. The quantitative estimate of drug-likeness (QED) is 0.877. The van der Waals surface area contributed by atoms with Crippen LogP contribution in [-0.2, 0) is 10.3 Å². The molecule has 1 aromatic heterocycles. The van der Waals surface area contributed by atoms with Gasteiger partial charge in [0.2, 0.25) is 0 Å². The number of hydrogen-bond acceptors (Lipinski definition) is 4. The Balaban J connectivity index is 1.79. The average Bonchev–Trinajstić information content (AvgIpc) is 3.00. The molecule has 0 bridgehead atoms. The van der Waals surface area contributed by atoms with Crippen LogP contribution in [-0.4, -0.2) is 24.2 Å². The molecule has 1 unspecified atom stereocenters. The van der Waals surface area contributed by atoms with Crippen molar-refractivity contribution in [1.29, 1.82) is 0 Å². The summed E-state index contributed by atoms with van der Waals surface area (Å²) < 4.78 is 5.45. The number of nitrogens with zero attached hydrogens (tertiary/aromatic N) is 1. The van der Waals surface area contributed by atoms with E-state index >= 15 is 0 Å². The minimum absolute atomic E-state index is 0.159. The molecule has 0 aromatic carbocycles. The molecule has 0 radical (unpaired) electrons. The smallest absolute Gasteiger partial charge is 0.113 e. The van der Waals surface area contributed by atoms with E-state index in [0.717, 1.165) is 19.6 Å². The molecule has 1 aliphatic heterocycles. The van der Waals surface area contributed by atoms with Crippen molar-refractivity contribution in [1.82, 2.24) is 10.3 Å². The Labute approximate surface area is 100 Å². The van der Waals surface area contributed by atoms with Crippen LogP contribution in [0.25, 0.3) is 0 Å². The van der Waals surface area contributed by atoms with E-state index in [0.29, 0.717) is 6.04 Å². The molecular weight excluding hydrogens is 220 g/mol. The fourth-order valence-corrected chi connectivity index (χ4v) is 3.76. The Morgan fingerprint density at radius 3 is 2.94 bits per heavy atom. The zero-order valence-corrected chi connectivity index (χ0v) is 10.3. The minimum atomic E-state index is 0.159. The van der Waals surface area contributed by atoms with Crippen LogP contribution in [0.1, 0.15) is 37.1 Å². The van der Waals surface area contributed by atoms with Crippen LogP contribution in [0.5, 0.6) is 0 Å². The molecule has 1 saturated heterocycles. The minimum Gasteiger partial charge on any atom is -0.380 e. The fraction of sp³-hybridized carbons (Fsp3) is 0.750. The predicted molar refractivity (Wildman–Crippen MR) is 64.6 cm³/mol. The molecule has 0 amide bonds. The van der Waals surface area contributed by atoms with Gasteiger partial charge in [0.15, 0.2) is 0 Å².